The zero-order valence-corrected chi connectivity index (χ0v) is 17.7. The van der Waals surface area contributed by atoms with Crippen LogP contribution in [0, 0.1) is 0 Å². The molecule has 1 unspecified atom stereocenters. The minimum Gasteiger partial charge on any atom is -0.445 e. The van der Waals surface area contributed by atoms with E-state index in [1.165, 1.54) is 20.8 Å². The van der Waals surface area contributed by atoms with Crippen molar-refractivity contribution in [3.8, 4) is 0 Å². The maximum atomic E-state index is 12.4. The molecule has 0 spiro atoms. The van der Waals surface area contributed by atoms with E-state index >= 15 is 0 Å². The van der Waals surface area contributed by atoms with Crippen LogP contribution in [0.5, 0.6) is 0 Å². The summed E-state index contributed by atoms with van der Waals surface area (Å²) in [6.45, 7) is 19.8. The van der Waals surface area contributed by atoms with E-state index in [4.69, 9.17) is 14.2 Å². The molecule has 0 aromatic heterocycles. The second-order valence-electron chi connectivity index (χ2n) is 6.85. The number of carbonyl (C=O) groups excluding carboxylic acids is 3. The minimum absolute atomic E-state index is 0.0121. The van der Waals surface area contributed by atoms with Gasteiger partial charge in [-0.25, -0.2) is 14.4 Å². The number of ether oxygens (including phenoxy) is 3. The molecule has 0 aromatic carbocycles. The van der Waals surface area contributed by atoms with Gasteiger partial charge >= 0.3 is 17.9 Å². The van der Waals surface area contributed by atoms with Crippen molar-refractivity contribution in [2.45, 2.75) is 78.3 Å². The van der Waals surface area contributed by atoms with Crippen LogP contribution < -0.4 is 0 Å². The van der Waals surface area contributed by atoms with Gasteiger partial charge in [0, 0.05) is 16.7 Å². The first-order valence-electron chi connectivity index (χ1n) is 9.16. The quantitative estimate of drug-likeness (QED) is 0.325. The summed E-state index contributed by atoms with van der Waals surface area (Å²) in [4.78, 5) is 36.8. The lowest BCUT2D eigenvalue weighted by Gasteiger charge is -2.47. The zero-order valence-electron chi connectivity index (χ0n) is 17.7. The maximum Gasteiger partial charge on any atom is 0.336 e. The molecular formula is C21H32O7. The molecule has 1 N–H and O–H groups in total. The topological polar surface area (TPSA) is 99.1 Å². The van der Waals surface area contributed by atoms with E-state index in [9.17, 15) is 19.5 Å². The van der Waals surface area contributed by atoms with Crippen LogP contribution in [0.15, 0.2) is 36.5 Å². The molecule has 0 amide bonds. The highest BCUT2D eigenvalue weighted by Gasteiger charge is 2.59. The summed E-state index contributed by atoms with van der Waals surface area (Å²) in [5.41, 5.74) is -3.37. The fourth-order valence-electron chi connectivity index (χ4n) is 2.64. The lowest BCUT2D eigenvalue weighted by atomic mass is 9.75. The highest BCUT2D eigenvalue weighted by atomic mass is 16.7. The first-order valence-corrected chi connectivity index (χ1v) is 9.16. The standard InChI is InChI=1S/C21H32O7/c1-10-20(25,11-2)21(12-3,28-18(24)15(8)9)19(26-16(22)13(4)5)27-17(23)14(6)7/h19,25H,4,6,8,10-12H2,1-3,5,7,9H3. The lowest BCUT2D eigenvalue weighted by Crippen LogP contribution is -2.65. The summed E-state index contributed by atoms with van der Waals surface area (Å²) in [5, 5.41) is 11.3. The maximum absolute atomic E-state index is 12.4. The number of hydrogen-bond acceptors (Lipinski definition) is 7. The Kier molecular flexibility index (Phi) is 9.34. The third kappa shape index (κ3) is 5.55. The third-order valence-corrected chi connectivity index (χ3v) is 4.61. The molecule has 0 saturated heterocycles. The Morgan fingerprint density at radius 2 is 1.14 bits per heavy atom. The number of carbonyl (C=O) groups is 3. The van der Waals surface area contributed by atoms with Gasteiger partial charge in [-0.1, -0.05) is 40.5 Å². The molecule has 0 saturated carbocycles. The fourth-order valence-corrected chi connectivity index (χ4v) is 2.64. The molecule has 0 aliphatic carbocycles. The number of aliphatic hydroxyl groups is 1. The summed E-state index contributed by atoms with van der Waals surface area (Å²) in [7, 11) is 0. The Morgan fingerprint density at radius 3 is 1.39 bits per heavy atom. The Balaban J connectivity index is 6.60. The lowest BCUT2D eigenvalue weighted by molar-refractivity contribution is -0.283. The van der Waals surface area contributed by atoms with Gasteiger partial charge in [-0.15, -0.1) is 0 Å². The van der Waals surface area contributed by atoms with Crippen LogP contribution in [0.3, 0.4) is 0 Å². The predicted octanol–water partition coefficient (Wildman–Crippen LogP) is 3.37. The van der Waals surface area contributed by atoms with E-state index in [1.807, 2.05) is 0 Å². The Bertz CT molecular complexity index is 630. The van der Waals surface area contributed by atoms with Crippen LogP contribution in [0.2, 0.25) is 0 Å². The van der Waals surface area contributed by atoms with Gasteiger partial charge in [0.1, 0.15) is 5.60 Å². The van der Waals surface area contributed by atoms with Crippen LogP contribution in [0.1, 0.15) is 60.8 Å². The van der Waals surface area contributed by atoms with Crippen LogP contribution >= 0.6 is 0 Å². The van der Waals surface area contributed by atoms with E-state index in [0.29, 0.717) is 0 Å². The Labute approximate surface area is 167 Å². The molecule has 0 aliphatic heterocycles. The highest BCUT2D eigenvalue weighted by molar-refractivity contribution is 5.89. The number of hydrogen-bond donors (Lipinski definition) is 1. The minimum atomic E-state index is -1.87. The van der Waals surface area contributed by atoms with Gasteiger partial charge in [0.25, 0.3) is 6.29 Å². The van der Waals surface area contributed by atoms with Gasteiger partial charge in [-0.2, -0.15) is 0 Å². The average molecular weight is 396 g/mol. The first kappa shape index (κ1) is 25.6. The summed E-state index contributed by atoms with van der Waals surface area (Å²) in [6.07, 6.45) is -1.47. The van der Waals surface area contributed by atoms with Crippen molar-refractivity contribution in [2.75, 3.05) is 0 Å². The van der Waals surface area contributed by atoms with Crippen molar-refractivity contribution in [3.05, 3.63) is 36.5 Å². The average Bonchev–Trinajstić information content (AvgIpc) is 2.64. The molecule has 0 aromatic rings. The van der Waals surface area contributed by atoms with Crippen LogP contribution in [0.4, 0.5) is 0 Å². The summed E-state index contributed by atoms with van der Waals surface area (Å²) < 4.78 is 16.3. The Hall–Kier alpha value is -2.41. The molecule has 0 rings (SSSR count). The third-order valence-electron chi connectivity index (χ3n) is 4.61. The van der Waals surface area contributed by atoms with Crippen LogP contribution in [0.25, 0.3) is 0 Å². The molecule has 28 heavy (non-hydrogen) atoms. The molecule has 0 radical (unpaired) electrons. The van der Waals surface area contributed by atoms with Crippen molar-refractivity contribution in [1.29, 1.82) is 0 Å². The molecule has 0 aliphatic rings. The summed E-state index contributed by atoms with van der Waals surface area (Å²) in [5.74, 6) is -2.54. The van der Waals surface area contributed by atoms with Crippen molar-refractivity contribution in [3.63, 3.8) is 0 Å². The number of esters is 3. The second-order valence-corrected chi connectivity index (χ2v) is 6.85. The molecular weight excluding hydrogens is 364 g/mol. The monoisotopic (exact) mass is 396 g/mol. The molecule has 0 bridgehead atoms. The first-order chi connectivity index (χ1) is 12.8. The van der Waals surface area contributed by atoms with E-state index < -0.39 is 35.4 Å². The fraction of sp³-hybridized carbons (Fsp3) is 0.571. The van der Waals surface area contributed by atoms with Crippen molar-refractivity contribution in [2.24, 2.45) is 0 Å². The summed E-state index contributed by atoms with van der Waals surface area (Å²) >= 11 is 0. The molecule has 0 fully saturated rings. The highest BCUT2D eigenvalue weighted by Crippen LogP contribution is 2.41. The van der Waals surface area contributed by atoms with Gasteiger partial charge < -0.3 is 19.3 Å². The van der Waals surface area contributed by atoms with Gasteiger partial charge in [0.15, 0.2) is 0 Å². The van der Waals surface area contributed by atoms with Gasteiger partial charge in [0.2, 0.25) is 5.60 Å². The van der Waals surface area contributed by atoms with E-state index in [-0.39, 0.29) is 36.0 Å². The van der Waals surface area contributed by atoms with E-state index in [0.717, 1.165) is 0 Å². The molecule has 158 valence electrons. The van der Waals surface area contributed by atoms with Crippen molar-refractivity contribution >= 4 is 17.9 Å². The zero-order chi connectivity index (χ0) is 22.3. The SMILES string of the molecule is C=C(C)C(=O)OC(OC(=O)C(=C)C)C(CC)(OC(=O)C(=C)C)C(O)(CC)CC. The van der Waals surface area contributed by atoms with Crippen molar-refractivity contribution < 1.29 is 33.7 Å². The van der Waals surface area contributed by atoms with Crippen molar-refractivity contribution in [1.82, 2.24) is 0 Å². The second kappa shape index (κ2) is 10.2. The normalized spacial score (nSPS) is 13.3. The van der Waals surface area contributed by atoms with Crippen LogP contribution in [-0.2, 0) is 28.6 Å². The van der Waals surface area contributed by atoms with Gasteiger partial charge in [-0.3, -0.25) is 0 Å². The number of rotatable bonds is 11. The summed E-state index contributed by atoms with van der Waals surface area (Å²) in [6, 6.07) is 0. The molecule has 7 heteroatoms. The van der Waals surface area contributed by atoms with E-state index in [2.05, 4.69) is 19.7 Å². The van der Waals surface area contributed by atoms with E-state index in [1.54, 1.807) is 20.8 Å². The Morgan fingerprint density at radius 1 is 0.786 bits per heavy atom. The molecule has 0 heterocycles. The van der Waals surface area contributed by atoms with Gasteiger partial charge in [-0.05, 0) is 40.0 Å². The van der Waals surface area contributed by atoms with Crippen LogP contribution in [-0.4, -0.2) is 40.5 Å². The van der Waals surface area contributed by atoms with Gasteiger partial charge in [0.05, 0.1) is 0 Å². The smallest absolute Gasteiger partial charge is 0.336 e. The molecule has 7 nitrogen and oxygen atoms in total. The largest absolute Gasteiger partial charge is 0.445 e. The molecule has 1 atom stereocenters. The predicted molar refractivity (Wildman–Crippen MR) is 105 cm³/mol.